The number of aryl methyl sites for hydroxylation is 1. The van der Waals surface area contributed by atoms with E-state index in [0.29, 0.717) is 4.88 Å². The Bertz CT molecular complexity index is 887. The van der Waals surface area contributed by atoms with Crippen LogP contribution in [-0.2, 0) is 0 Å². The molecule has 2 aromatic heterocycles. The lowest BCUT2D eigenvalue weighted by Crippen LogP contribution is -2.40. The zero-order chi connectivity index (χ0) is 19.7. The van der Waals surface area contributed by atoms with E-state index in [9.17, 15) is 26.3 Å². The van der Waals surface area contributed by atoms with Gasteiger partial charge in [-0.15, -0.1) is 22.7 Å². The standard InChI is InChI=1S/C17H16F6S2Si/c1-8-9(13-14(18)15(19)17(22,23)16(13,20)21)7-11(24-8)10-5-6-12(25-10)26(2,3)4/h5-7,13H,1-4H3. The molecule has 9 heteroatoms. The molecule has 26 heavy (non-hydrogen) atoms. The summed E-state index contributed by atoms with van der Waals surface area (Å²) in [6, 6.07) is 5.10. The first-order valence-corrected chi connectivity index (χ1v) is 12.9. The van der Waals surface area contributed by atoms with Crippen LogP contribution in [0.4, 0.5) is 26.3 Å². The molecule has 0 radical (unpaired) electrons. The molecule has 1 atom stereocenters. The lowest BCUT2D eigenvalue weighted by Gasteiger charge is -2.24. The minimum absolute atomic E-state index is 0.272. The second kappa shape index (κ2) is 5.97. The number of thiophene rings is 2. The van der Waals surface area contributed by atoms with Gasteiger partial charge in [0.05, 0.1) is 8.07 Å². The number of alkyl halides is 4. The highest BCUT2D eigenvalue weighted by molar-refractivity contribution is 7.30. The maximum Gasteiger partial charge on any atom is 0.364 e. The predicted molar refractivity (Wildman–Crippen MR) is 97.2 cm³/mol. The molecule has 1 unspecified atom stereocenters. The number of hydrogen-bond acceptors (Lipinski definition) is 2. The largest absolute Gasteiger partial charge is 0.364 e. The van der Waals surface area contributed by atoms with E-state index in [0.717, 1.165) is 16.2 Å². The van der Waals surface area contributed by atoms with Crippen LogP contribution >= 0.6 is 22.7 Å². The molecule has 0 nitrogen and oxygen atoms in total. The van der Waals surface area contributed by atoms with E-state index in [-0.39, 0.29) is 10.4 Å². The van der Waals surface area contributed by atoms with Crippen LogP contribution in [0.3, 0.4) is 0 Å². The topological polar surface area (TPSA) is 0 Å². The van der Waals surface area contributed by atoms with Crippen LogP contribution in [0.25, 0.3) is 9.75 Å². The lowest BCUT2D eigenvalue weighted by molar-refractivity contribution is -0.189. The van der Waals surface area contributed by atoms with Gasteiger partial charge in [-0.25, -0.2) is 8.78 Å². The molecule has 3 rings (SSSR count). The molecule has 0 aromatic carbocycles. The third-order valence-corrected chi connectivity index (χ3v) is 10.3. The second-order valence-corrected chi connectivity index (χ2v) is 15.1. The zero-order valence-corrected chi connectivity index (χ0v) is 17.0. The molecule has 0 bridgehead atoms. The average Bonchev–Trinajstić information content (AvgIpc) is 3.15. The van der Waals surface area contributed by atoms with Gasteiger partial charge in [0.15, 0.2) is 5.83 Å². The first-order chi connectivity index (χ1) is 11.8. The number of halogens is 6. The Morgan fingerprint density at radius 2 is 1.58 bits per heavy atom. The van der Waals surface area contributed by atoms with Crippen molar-refractivity contribution in [1.29, 1.82) is 0 Å². The number of hydrogen-bond donors (Lipinski definition) is 0. The smallest absolute Gasteiger partial charge is 0.208 e. The highest BCUT2D eigenvalue weighted by atomic mass is 32.1. The summed E-state index contributed by atoms with van der Waals surface area (Å²) in [7, 11) is -1.55. The van der Waals surface area contributed by atoms with Crippen molar-refractivity contribution in [3.05, 3.63) is 40.3 Å². The maximum absolute atomic E-state index is 14.1. The second-order valence-electron chi connectivity index (χ2n) is 7.33. The third-order valence-electron chi connectivity index (χ3n) is 4.38. The van der Waals surface area contributed by atoms with Gasteiger partial charge < -0.3 is 0 Å². The van der Waals surface area contributed by atoms with Crippen molar-refractivity contribution in [2.24, 2.45) is 0 Å². The molecule has 0 N–H and O–H groups in total. The summed E-state index contributed by atoms with van der Waals surface area (Å²) in [5, 5.41) is 0. The molecule has 142 valence electrons. The summed E-state index contributed by atoms with van der Waals surface area (Å²) >= 11 is 2.63. The van der Waals surface area contributed by atoms with Crippen LogP contribution in [-0.4, -0.2) is 19.9 Å². The molecule has 1 aliphatic rings. The van der Waals surface area contributed by atoms with Gasteiger partial charge >= 0.3 is 11.8 Å². The molecule has 0 saturated heterocycles. The van der Waals surface area contributed by atoms with Gasteiger partial charge in [-0.2, -0.15) is 17.6 Å². The van der Waals surface area contributed by atoms with Gasteiger partial charge in [-0.05, 0) is 29.1 Å². The Morgan fingerprint density at radius 1 is 0.962 bits per heavy atom. The van der Waals surface area contributed by atoms with Crippen molar-refractivity contribution >= 4 is 35.2 Å². The van der Waals surface area contributed by atoms with Gasteiger partial charge in [0, 0.05) is 14.6 Å². The predicted octanol–water partition coefficient (Wildman–Crippen LogP) is 6.85. The molecule has 0 spiro atoms. The quantitative estimate of drug-likeness (QED) is 0.372. The third kappa shape index (κ3) is 2.79. The molecule has 2 heterocycles. The molecule has 0 aliphatic heterocycles. The van der Waals surface area contributed by atoms with Crippen LogP contribution in [0.5, 0.6) is 0 Å². The Labute approximate surface area is 156 Å². The normalized spacial score (nSPS) is 22.3. The minimum Gasteiger partial charge on any atom is -0.208 e. The Hall–Kier alpha value is -1.06. The average molecular weight is 427 g/mol. The fourth-order valence-corrected chi connectivity index (χ4v) is 6.91. The summed E-state index contributed by atoms with van der Waals surface area (Å²) in [6.45, 7) is 7.95. The Kier molecular flexibility index (Phi) is 4.52. The summed E-state index contributed by atoms with van der Waals surface area (Å²) in [4.78, 5) is 1.67. The molecule has 0 amide bonds. The number of allylic oxidation sites excluding steroid dienone is 2. The van der Waals surface area contributed by atoms with Crippen molar-refractivity contribution in [3.63, 3.8) is 0 Å². The van der Waals surface area contributed by atoms with Crippen molar-refractivity contribution in [2.45, 2.75) is 44.3 Å². The summed E-state index contributed by atoms with van der Waals surface area (Å²) in [5.74, 6) is -17.3. The summed E-state index contributed by atoms with van der Waals surface area (Å²) in [5.41, 5.74) is -0.289. The summed E-state index contributed by atoms with van der Waals surface area (Å²) < 4.78 is 83.7. The first kappa shape index (κ1) is 19.7. The van der Waals surface area contributed by atoms with E-state index < -0.39 is 37.5 Å². The highest BCUT2D eigenvalue weighted by Crippen LogP contribution is 2.60. The molecular formula is C17H16F6S2Si. The van der Waals surface area contributed by atoms with Crippen LogP contribution in [0.15, 0.2) is 29.9 Å². The first-order valence-electron chi connectivity index (χ1n) is 7.80. The van der Waals surface area contributed by atoms with Crippen LogP contribution < -0.4 is 4.50 Å². The fourth-order valence-electron chi connectivity index (χ4n) is 2.87. The van der Waals surface area contributed by atoms with E-state index in [1.807, 2.05) is 12.1 Å². The molecule has 0 saturated carbocycles. The van der Waals surface area contributed by atoms with Gasteiger partial charge in [-0.3, -0.25) is 0 Å². The SMILES string of the molecule is Cc1sc(-c2ccc([Si](C)(C)C)s2)cc1C1C(F)=C(F)C(F)(F)C1(F)F. The van der Waals surface area contributed by atoms with E-state index in [1.54, 1.807) is 0 Å². The lowest BCUT2D eigenvalue weighted by atomic mass is 9.94. The van der Waals surface area contributed by atoms with Crippen molar-refractivity contribution in [1.82, 2.24) is 0 Å². The van der Waals surface area contributed by atoms with Crippen molar-refractivity contribution in [2.75, 3.05) is 0 Å². The van der Waals surface area contributed by atoms with Crippen LogP contribution in [0.2, 0.25) is 19.6 Å². The number of rotatable bonds is 3. The zero-order valence-electron chi connectivity index (χ0n) is 14.4. The molecular weight excluding hydrogens is 410 g/mol. The Morgan fingerprint density at radius 3 is 2.04 bits per heavy atom. The maximum atomic E-state index is 14.1. The van der Waals surface area contributed by atoms with E-state index >= 15 is 0 Å². The van der Waals surface area contributed by atoms with Gasteiger partial charge in [0.25, 0.3) is 0 Å². The van der Waals surface area contributed by atoms with Gasteiger partial charge in [-0.1, -0.05) is 25.7 Å². The van der Waals surface area contributed by atoms with E-state index in [4.69, 9.17) is 0 Å². The van der Waals surface area contributed by atoms with Crippen LogP contribution in [0, 0.1) is 6.92 Å². The van der Waals surface area contributed by atoms with E-state index in [1.165, 1.54) is 28.8 Å². The highest BCUT2D eigenvalue weighted by Gasteiger charge is 2.72. The van der Waals surface area contributed by atoms with Gasteiger partial charge in [0.1, 0.15) is 5.92 Å². The monoisotopic (exact) mass is 426 g/mol. The minimum atomic E-state index is -5.13. The van der Waals surface area contributed by atoms with Crippen LogP contribution in [0.1, 0.15) is 16.4 Å². The summed E-state index contributed by atoms with van der Waals surface area (Å²) in [6.07, 6.45) is 0. The molecule has 1 aliphatic carbocycles. The fraction of sp³-hybridized carbons (Fsp3) is 0.412. The molecule has 0 fully saturated rings. The van der Waals surface area contributed by atoms with Crippen molar-refractivity contribution < 1.29 is 26.3 Å². The van der Waals surface area contributed by atoms with E-state index in [2.05, 4.69) is 19.6 Å². The molecule has 2 aromatic rings. The Balaban J connectivity index is 2.06. The van der Waals surface area contributed by atoms with Crippen molar-refractivity contribution in [3.8, 4) is 9.75 Å². The van der Waals surface area contributed by atoms with Gasteiger partial charge in [0.2, 0.25) is 5.83 Å².